The Kier molecular flexibility index (Phi) is 3.49. The molecule has 16 heavy (non-hydrogen) atoms. The van der Waals surface area contributed by atoms with Crippen molar-refractivity contribution >= 4 is 0 Å². The lowest BCUT2D eigenvalue weighted by Crippen LogP contribution is -2.30. The van der Waals surface area contributed by atoms with Crippen LogP contribution < -0.4 is 5.32 Å². The highest BCUT2D eigenvalue weighted by molar-refractivity contribution is 5.42. The second-order valence-corrected chi connectivity index (χ2v) is 4.99. The first-order chi connectivity index (χ1) is 7.66. The van der Waals surface area contributed by atoms with Crippen molar-refractivity contribution in [1.82, 2.24) is 5.32 Å². The summed E-state index contributed by atoms with van der Waals surface area (Å²) in [6.07, 6.45) is 3.75. The molecule has 1 atom stereocenters. The van der Waals surface area contributed by atoms with Gasteiger partial charge in [0.1, 0.15) is 5.75 Å². The maximum atomic E-state index is 9.72. The molecule has 1 fully saturated rings. The third kappa shape index (κ3) is 2.56. The predicted octanol–water partition coefficient (Wildman–Crippen LogP) is 2.55. The van der Waals surface area contributed by atoms with E-state index in [1.807, 2.05) is 13.8 Å². The van der Waals surface area contributed by atoms with Crippen LogP contribution in [-0.2, 0) is 6.42 Å². The number of phenolic OH excluding ortho intramolecular Hbond substituents is 1. The SMILES string of the molecule is Cc1cc(CC2CCCNC2)cc(C)c1O. The highest BCUT2D eigenvalue weighted by atomic mass is 16.3. The van der Waals surface area contributed by atoms with Gasteiger partial charge in [-0.2, -0.15) is 0 Å². The Bertz CT molecular complexity index is 344. The van der Waals surface area contributed by atoms with E-state index >= 15 is 0 Å². The molecule has 2 N–H and O–H groups in total. The van der Waals surface area contributed by atoms with Gasteiger partial charge in [0.15, 0.2) is 0 Å². The van der Waals surface area contributed by atoms with Gasteiger partial charge in [-0.15, -0.1) is 0 Å². The van der Waals surface area contributed by atoms with E-state index in [4.69, 9.17) is 0 Å². The molecular formula is C14H21NO. The van der Waals surface area contributed by atoms with Gasteiger partial charge in [0, 0.05) is 0 Å². The van der Waals surface area contributed by atoms with Gasteiger partial charge in [0.25, 0.3) is 0 Å². The van der Waals surface area contributed by atoms with Crippen LogP contribution in [0.3, 0.4) is 0 Å². The second kappa shape index (κ2) is 4.88. The van der Waals surface area contributed by atoms with Crippen LogP contribution >= 0.6 is 0 Å². The highest BCUT2D eigenvalue weighted by Crippen LogP contribution is 2.25. The summed E-state index contributed by atoms with van der Waals surface area (Å²) in [5, 5.41) is 13.2. The largest absolute Gasteiger partial charge is 0.507 e. The lowest BCUT2D eigenvalue weighted by Gasteiger charge is -2.23. The molecule has 2 heteroatoms. The highest BCUT2D eigenvalue weighted by Gasteiger charge is 2.14. The van der Waals surface area contributed by atoms with Crippen molar-refractivity contribution in [2.45, 2.75) is 33.1 Å². The lowest BCUT2D eigenvalue weighted by molar-refractivity contribution is 0.375. The number of nitrogens with one attached hydrogen (secondary N) is 1. The summed E-state index contributed by atoms with van der Waals surface area (Å²) in [4.78, 5) is 0. The first-order valence-corrected chi connectivity index (χ1v) is 6.16. The Morgan fingerprint density at radius 2 is 2.00 bits per heavy atom. The van der Waals surface area contributed by atoms with Gasteiger partial charge in [-0.1, -0.05) is 12.1 Å². The van der Waals surface area contributed by atoms with Crippen molar-refractivity contribution in [3.63, 3.8) is 0 Å². The standard InChI is InChI=1S/C14H21NO/c1-10-6-13(7-11(2)14(10)16)8-12-4-3-5-15-9-12/h6-7,12,15-16H,3-5,8-9H2,1-2H3. The molecule has 2 nitrogen and oxygen atoms in total. The average molecular weight is 219 g/mol. The molecular weight excluding hydrogens is 198 g/mol. The fraction of sp³-hybridized carbons (Fsp3) is 0.571. The number of benzene rings is 1. The molecule has 0 aromatic heterocycles. The Morgan fingerprint density at radius 3 is 2.56 bits per heavy atom. The Morgan fingerprint density at radius 1 is 1.31 bits per heavy atom. The van der Waals surface area contributed by atoms with Gasteiger partial charge in [-0.25, -0.2) is 0 Å². The number of phenols is 1. The maximum absolute atomic E-state index is 9.72. The fourth-order valence-electron chi connectivity index (χ4n) is 2.59. The number of hydrogen-bond acceptors (Lipinski definition) is 2. The van der Waals surface area contributed by atoms with Crippen molar-refractivity contribution in [1.29, 1.82) is 0 Å². The van der Waals surface area contributed by atoms with Crippen molar-refractivity contribution in [2.24, 2.45) is 5.92 Å². The summed E-state index contributed by atoms with van der Waals surface area (Å²) in [5.74, 6) is 1.21. The minimum Gasteiger partial charge on any atom is -0.507 e. The Hall–Kier alpha value is -1.02. The van der Waals surface area contributed by atoms with Crippen molar-refractivity contribution in [3.8, 4) is 5.75 Å². The zero-order valence-electron chi connectivity index (χ0n) is 10.2. The van der Waals surface area contributed by atoms with Gasteiger partial charge < -0.3 is 10.4 Å². The Balaban J connectivity index is 2.09. The zero-order chi connectivity index (χ0) is 11.5. The summed E-state index contributed by atoms with van der Waals surface area (Å²) in [7, 11) is 0. The molecule has 1 aliphatic heterocycles. The monoisotopic (exact) mass is 219 g/mol. The van der Waals surface area contributed by atoms with Crippen LogP contribution in [0.15, 0.2) is 12.1 Å². The summed E-state index contributed by atoms with van der Waals surface area (Å²) < 4.78 is 0. The molecule has 1 heterocycles. The lowest BCUT2D eigenvalue weighted by atomic mass is 9.91. The van der Waals surface area contributed by atoms with E-state index in [2.05, 4.69) is 17.4 Å². The van der Waals surface area contributed by atoms with Crippen molar-refractivity contribution < 1.29 is 5.11 Å². The topological polar surface area (TPSA) is 32.3 Å². The summed E-state index contributed by atoms with van der Waals surface area (Å²) in [6.45, 7) is 6.26. The smallest absolute Gasteiger partial charge is 0.121 e. The van der Waals surface area contributed by atoms with E-state index in [1.165, 1.54) is 24.9 Å². The number of rotatable bonds is 2. The van der Waals surface area contributed by atoms with Gasteiger partial charge in [-0.05, 0) is 68.8 Å². The van der Waals surface area contributed by atoms with Gasteiger partial charge in [0.05, 0.1) is 0 Å². The average Bonchev–Trinajstić information content (AvgIpc) is 2.27. The van der Waals surface area contributed by atoms with Crippen LogP contribution in [0.4, 0.5) is 0 Å². The molecule has 1 aromatic rings. The minimum atomic E-state index is 0.450. The number of piperidine rings is 1. The third-order valence-corrected chi connectivity index (χ3v) is 3.47. The molecule has 2 rings (SSSR count). The normalized spacial score (nSPS) is 21.0. The van der Waals surface area contributed by atoms with Gasteiger partial charge >= 0.3 is 0 Å². The summed E-state index contributed by atoms with van der Waals surface area (Å²) in [6, 6.07) is 4.24. The molecule has 1 aliphatic rings. The van der Waals surface area contributed by atoms with Crippen LogP contribution in [0.1, 0.15) is 29.5 Å². The molecule has 1 unspecified atom stereocenters. The van der Waals surface area contributed by atoms with E-state index in [0.29, 0.717) is 5.75 Å². The molecule has 0 spiro atoms. The van der Waals surface area contributed by atoms with Crippen LogP contribution in [0.25, 0.3) is 0 Å². The van der Waals surface area contributed by atoms with Crippen LogP contribution in [0.2, 0.25) is 0 Å². The number of aryl methyl sites for hydroxylation is 2. The van der Waals surface area contributed by atoms with E-state index < -0.39 is 0 Å². The molecule has 1 saturated heterocycles. The fourth-order valence-corrected chi connectivity index (χ4v) is 2.59. The quantitative estimate of drug-likeness (QED) is 0.801. The molecule has 0 amide bonds. The summed E-state index contributed by atoms with van der Waals surface area (Å²) >= 11 is 0. The van der Waals surface area contributed by atoms with Crippen LogP contribution in [-0.4, -0.2) is 18.2 Å². The molecule has 0 radical (unpaired) electrons. The van der Waals surface area contributed by atoms with Gasteiger partial charge in [-0.3, -0.25) is 0 Å². The minimum absolute atomic E-state index is 0.450. The van der Waals surface area contributed by atoms with Crippen molar-refractivity contribution in [3.05, 3.63) is 28.8 Å². The molecule has 1 aromatic carbocycles. The van der Waals surface area contributed by atoms with E-state index in [1.54, 1.807) is 0 Å². The van der Waals surface area contributed by atoms with E-state index in [-0.39, 0.29) is 0 Å². The van der Waals surface area contributed by atoms with E-state index in [9.17, 15) is 5.11 Å². The molecule has 0 bridgehead atoms. The summed E-state index contributed by atoms with van der Waals surface area (Å²) in [5.41, 5.74) is 3.36. The number of hydrogen-bond donors (Lipinski definition) is 2. The zero-order valence-corrected chi connectivity index (χ0v) is 10.2. The molecule has 0 saturated carbocycles. The molecule has 88 valence electrons. The van der Waals surface area contributed by atoms with Crippen LogP contribution in [0.5, 0.6) is 5.75 Å². The maximum Gasteiger partial charge on any atom is 0.121 e. The predicted molar refractivity (Wildman–Crippen MR) is 66.9 cm³/mol. The third-order valence-electron chi connectivity index (χ3n) is 3.47. The van der Waals surface area contributed by atoms with Gasteiger partial charge in [0.2, 0.25) is 0 Å². The first-order valence-electron chi connectivity index (χ1n) is 6.16. The van der Waals surface area contributed by atoms with E-state index in [0.717, 1.165) is 30.0 Å². The molecule has 0 aliphatic carbocycles. The first kappa shape index (κ1) is 11.5. The Labute approximate surface area is 97.7 Å². The van der Waals surface area contributed by atoms with Crippen molar-refractivity contribution in [2.75, 3.05) is 13.1 Å². The second-order valence-electron chi connectivity index (χ2n) is 4.99. The van der Waals surface area contributed by atoms with Crippen LogP contribution in [0, 0.1) is 19.8 Å². The number of aromatic hydroxyl groups is 1.